The van der Waals surface area contributed by atoms with Crippen molar-refractivity contribution in [2.24, 2.45) is 11.7 Å². The van der Waals surface area contributed by atoms with Crippen LogP contribution in [0.1, 0.15) is 52.4 Å². The van der Waals surface area contributed by atoms with Crippen LogP contribution in [0.25, 0.3) is 0 Å². The lowest BCUT2D eigenvalue weighted by atomic mass is 9.90. The average Bonchev–Trinajstić information content (AvgIpc) is 2.53. The van der Waals surface area contributed by atoms with Gasteiger partial charge in [0, 0.05) is 12.6 Å². The van der Waals surface area contributed by atoms with Crippen LogP contribution in [-0.2, 0) is 9.53 Å². The number of hydrogen-bond acceptors (Lipinski definition) is 3. The van der Waals surface area contributed by atoms with Crippen LogP contribution >= 0.6 is 0 Å². The molecule has 0 aromatic rings. The Morgan fingerprint density at radius 3 is 2.72 bits per heavy atom. The Bertz CT molecular complexity index is 308. The van der Waals surface area contributed by atoms with Crippen molar-refractivity contribution in [3.8, 4) is 0 Å². The van der Waals surface area contributed by atoms with E-state index in [1.165, 1.54) is 6.42 Å². The van der Waals surface area contributed by atoms with Gasteiger partial charge in [-0.05, 0) is 33.1 Å². The summed E-state index contributed by atoms with van der Waals surface area (Å²) in [4.78, 5) is 12.4. The van der Waals surface area contributed by atoms with Crippen LogP contribution in [0.3, 0.4) is 0 Å². The fraction of sp³-hybridized carbons (Fsp3) is 0.929. The van der Waals surface area contributed by atoms with Gasteiger partial charge in [0.15, 0.2) is 0 Å². The van der Waals surface area contributed by atoms with Gasteiger partial charge >= 0.3 is 0 Å². The summed E-state index contributed by atoms with van der Waals surface area (Å²) in [5.41, 5.74) is 5.92. The number of carbonyl (C=O) groups is 1. The highest BCUT2D eigenvalue weighted by molar-refractivity contribution is 5.80. The molecule has 104 valence electrons. The molecule has 2 rings (SSSR count). The topological polar surface area (TPSA) is 64.3 Å². The second-order valence-corrected chi connectivity index (χ2v) is 6.08. The molecular formula is C14H26N2O2. The van der Waals surface area contributed by atoms with Gasteiger partial charge < -0.3 is 15.8 Å². The lowest BCUT2D eigenvalue weighted by Gasteiger charge is -2.32. The molecule has 18 heavy (non-hydrogen) atoms. The molecule has 3 N–H and O–H groups in total. The van der Waals surface area contributed by atoms with Gasteiger partial charge in [-0.25, -0.2) is 0 Å². The highest BCUT2D eigenvalue weighted by Gasteiger charge is 2.40. The Kier molecular flexibility index (Phi) is 4.28. The largest absolute Gasteiger partial charge is 0.376 e. The van der Waals surface area contributed by atoms with Crippen LogP contribution in [0.5, 0.6) is 0 Å². The van der Waals surface area contributed by atoms with Crippen LogP contribution in [0.2, 0.25) is 0 Å². The van der Waals surface area contributed by atoms with Crippen molar-refractivity contribution in [3.63, 3.8) is 0 Å². The number of ether oxygens (including phenoxy) is 1. The Morgan fingerprint density at radius 1 is 1.33 bits per heavy atom. The number of nitrogens with one attached hydrogen (secondary N) is 1. The third-order valence-corrected chi connectivity index (χ3v) is 4.70. The number of amides is 1. The number of nitrogens with two attached hydrogens (primary N) is 1. The van der Waals surface area contributed by atoms with Crippen LogP contribution in [-0.4, -0.2) is 30.2 Å². The molecule has 0 aromatic carbocycles. The molecule has 4 heteroatoms. The molecule has 2 aliphatic rings. The molecule has 0 aromatic heterocycles. The van der Waals surface area contributed by atoms with Crippen molar-refractivity contribution in [2.45, 2.75) is 70.1 Å². The van der Waals surface area contributed by atoms with Crippen molar-refractivity contribution < 1.29 is 9.53 Å². The zero-order valence-corrected chi connectivity index (χ0v) is 11.6. The Morgan fingerprint density at radius 2 is 2.06 bits per heavy atom. The van der Waals surface area contributed by atoms with E-state index in [1.807, 2.05) is 6.92 Å². The number of hydrogen-bond donors (Lipinski definition) is 2. The molecule has 4 atom stereocenters. The predicted molar refractivity (Wildman–Crippen MR) is 71.1 cm³/mol. The summed E-state index contributed by atoms with van der Waals surface area (Å²) in [5.74, 6) is 0.112. The maximum atomic E-state index is 12.4. The van der Waals surface area contributed by atoms with E-state index in [2.05, 4.69) is 12.2 Å². The fourth-order valence-corrected chi connectivity index (χ4v) is 3.04. The van der Waals surface area contributed by atoms with Gasteiger partial charge in [-0.1, -0.05) is 19.3 Å². The fourth-order valence-electron chi connectivity index (χ4n) is 3.04. The molecule has 1 aliphatic carbocycles. The quantitative estimate of drug-likeness (QED) is 0.735. The minimum Gasteiger partial charge on any atom is -0.376 e. The van der Waals surface area contributed by atoms with Gasteiger partial charge in [-0.2, -0.15) is 0 Å². The highest BCUT2D eigenvalue weighted by Crippen LogP contribution is 2.28. The van der Waals surface area contributed by atoms with E-state index < -0.39 is 0 Å². The van der Waals surface area contributed by atoms with Crippen molar-refractivity contribution in [1.29, 1.82) is 0 Å². The monoisotopic (exact) mass is 254 g/mol. The second kappa shape index (κ2) is 5.57. The van der Waals surface area contributed by atoms with E-state index in [4.69, 9.17) is 10.5 Å². The van der Waals surface area contributed by atoms with Crippen molar-refractivity contribution in [3.05, 3.63) is 0 Å². The maximum Gasteiger partial charge on any atom is 0.225 e. The van der Waals surface area contributed by atoms with E-state index in [1.54, 1.807) is 0 Å². The summed E-state index contributed by atoms with van der Waals surface area (Å²) < 4.78 is 5.56. The molecule has 4 nitrogen and oxygen atoms in total. The first-order valence-electron chi connectivity index (χ1n) is 7.22. The van der Waals surface area contributed by atoms with Crippen LogP contribution in [0.4, 0.5) is 0 Å². The van der Waals surface area contributed by atoms with Crippen LogP contribution in [0, 0.1) is 5.92 Å². The van der Waals surface area contributed by atoms with Crippen molar-refractivity contribution in [1.82, 2.24) is 5.32 Å². The van der Waals surface area contributed by atoms with E-state index in [0.717, 1.165) is 38.7 Å². The smallest absolute Gasteiger partial charge is 0.225 e. The van der Waals surface area contributed by atoms with Gasteiger partial charge in [0.2, 0.25) is 5.91 Å². The molecule has 1 saturated carbocycles. The minimum absolute atomic E-state index is 0.0166. The SMILES string of the molecule is CC1OCCC1(C)NC(=O)C1CCCCCC1N. The van der Waals surface area contributed by atoms with Crippen molar-refractivity contribution in [2.75, 3.05) is 6.61 Å². The lowest BCUT2D eigenvalue weighted by Crippen LogP contribution is -2.54. The molecule has 1 saturated heterocycles. The molecule has 0 spiro atoms. The van der Waals surface area contributed by atoms with E-state index in [9.17, 15) is 4.79 Å². The van der Waals surface area contributed by atoms with Gasteiger partial charge in [0.1, 0.15) is 0 Å². The van der Waals surface area contributed by atoms with Gasteiger partial charge in [-0.15, -0.1) is 0 Å². The first kappa shape index (κ1) is 13.8. The van der Waals surface area contributed by atoms with Crippen molar-refractivity contribution >= 4 is 5.91 Å². The number of rotatable bonds is 2. The first-order chi connectivity index (χ1) is 8.53. The van der Waals surface area contributed by atoms with E-state index in [-0.39, 0.29) is 29.5 Å². The van der Waals surface area contributed by atoms with E-state index in [0.29, 0.717) is 0 Å². The predicted octanol–water partition coefficient (Wildman–Crippen LogP) is 1.58. The summed E-state index contributed by atoms with van der Waals surface area (Å²) in [6.45, 7) is 4.83. The maximum absolute atomic E-state index is 12.4. The van der Waals surface area contributed by atoms with E-state index >= 15 is 0 Å². The third kappa shape index (κ3) is 2.86. The van der Waals surface area contributed by atoms with Crippen LogP contribution in [0.15, 0.2) is 0 Å². The third-order valence-electron chi connectivity index (χ3n) is 4.70. The molecule has 1 heterocycles. The average molecular weight is 254 g/mol. The molecular weight excluding hydrogens is 228 g/mol. The standard InChI is InChI=1S/C14H26N2O2/c1-10-14(2,8-9-18-10)16-13(17)11-6-4-3-5-7-12(11)15/h10-12H,3-9,15H2,1-2H3,(H,16,17). The van der Waals surface area contributed by atoms with Crippen LogP contribution < -0.4 is 11.1 Å². The molecule has 4 unspecified atom stereocenters. The van der Waals surface area contributed by atoms with Gasteiger partial charge in [-0.3, -0.25) is 4.79 Å². The minimum atomic E-state index is -0.219. The van der Waals surface area contributed by atoms with Gasteiger partial charge in [0.05, 0.1) is 17.6 Å². The molecule has 1 amide bonds. The number of carbonyl (C=O) groups excluding carboxylic acids is 1. The Labute approximate surface area is 110 Å². The summed E-state index contributed by atoms with van der Waals surface area (Å²) in [5, 5.41) is 3.19. The molecule has 1 aliphatic heterocycles. The Balaban J connectivity index is 1.98. The molecule has 2 fully saturated rings. The van der Waals surface area contributed by atoms with Gasteiger partial charge in [0.25, 0.3) is 0 Å². The molecule has 0 radical (unpaired) electrons. The summed E-state index contributed by atoms with van der Waals surface area (Å²) >= 11 is 0. The summed E-state index contributed by atoms with van der Waals surface area (Å²) in [7, 11) is 0. The second-order valence-electron chi connectivity index (χ2n) is 6.08. The lowest BCUT2D eigenvalue weighted by molar-refractivity contribution is -0.128. The zero-order chi connectivity index (χ0) is 13.2. The Hall–Kier alpha value is -0.610. The highest BCUT2D eigenvalue weighted by atomic mass is 16.5. The normalized spacial score (nSPS) is 41.4. The summed E-state index contributed by atoms with van der Waals surface area (Å²) in [6, 6.07) is 0.0220. The summed E-state index contributed by atoms with van der Waals surface area (Å²) in [6.07, 6.45) is 6.36. The first-order valence-corrected chi connectivity index (χ1v) is 7.22. The molecule has 0 bridgehead atoms. The zero-order valence-electron chi connectivity index (χ0n) is 11.6.